The van der Waals surface area contributed by atoms with E-state index in [1.54, 1.807) is 25.1 Å². The Bertz CT molecular complexity index is 1340. The van der Waals surface area contributed by atoms with Crippen LogP contribution in [0.25, 0.3) is 0 Å². The predicted molar refractivity (Wildman–Crippen MR) is 152 cm³/mol. The van der Waals surface area contributed by atoms with Gasteiger partial charge in [-0.25, -0.2) is 8.42 Å². The number of benzene rings is 3. The first-order valence-electron chi connectivity index (χ1n) is 12.8. The van der Waals surface area contributed by atoms with Crippen LogP contribution in [0.15, 0.2) is 78.9 Å². The molecule has 7 nitrogen and oxygen atoms in total. The van der Waals surface area contributed by atoms with Gasteiger partial charge in [-0.1, -0.05) is 85.3 Å². The van der Waals surface area contributed by atoms with Crippen LogP contribution in [-0.4, -0.2) is 50.5 Å². The summed E-state index contributed by atoms with van der Waals surface area (Å²) < 4.78 is 26.8. The van der Waals surface area contributed by atoms with E-state index in [1.165, 1.54) is 4.90 Å². The molecule has 2 amide bonds. The molecule has 3 aromatic rings. The zero-order chi connectivity index (χ0) is 27.7. The van der Waals surface area contributed by atoms with E-state index in [4.69, 9.17) is 0 Å². The Kier molecular flexibility index (Phi) is 10.1. The molecule has 0 aromatic heterocycles. The number of para-hydroxylation sites is 1. The maximum absolute atomic E-state index is 14.0. The van der Waals surface area contributed by atoms with Gasteiger partial charge in [0.1, 0.15) is 12.6 Å². The highest BCUT2D eigenvalue weighted by molar-refractivity contribution is 7.92. The summed E-state index contributed by atoms with van der Waals surface area (Å²) >= 11 is 0. The number of carbonyl (C=O) groups is 2. The zero-order valence-electron chi connectivity index (χ0n) is 22.6. The molecule has 1 N–H and O–H groups in total. The third kappa shape index (κ3) is 7.92. The Balaban J connectivity index is 2.05. The Morgan fingerprint density at radius 3 is 2.18 bits per heavy atom. The highest BCUT2D eigenvalue weighted by atomic mass is 32.2. The summed E-state index contributed by atoms with van der Waals surface area (Å²) in [5.74, 6) is -0.716. The van der Waals surface area contributed by atoms with Crippen molar-refractivity contribution in [1.82, 2.24) is 10.2 Å². The van der Waals surface area contributed by atoms with Crippen LogP contribution in [0.1, 0.15) is 35.6 Å². The van der Waals surface area contributed by atoms with Crippen LogP contribution in [0.3, 0.4) is 0 Å². The van der Waals surface area contributed by atoms with Gasteiger partial charge in [-0.05, 0) is 43.0 Å². The molecule has 3 rings (SSSR count). The SMILES string of the molecule is CCCNC(=O)[C@@H](Cc1ccccc1)N(Cc1cccc(C)c1)C(=O)CN(c1ccccc1C)S(C)(=O)=O. The van der Waals surface area contributed by atoms with Crippen LogP contribution < -0.4 is 9.62 Å². The summed E-state index contributed by atoms with van der Waals surface area (Å²) in [5.41, 5.74) is 3.97. The summed E-state index contributed by atoms with van der Waals surface area (Å²) in [5, 5.41) is 2.94. The van der Waals surface area contributed by atoms with E-state index in [9.17, 15) is 18.0 Å². The van der Waals surface area contributed by atoms with Crippen molar-refractivity contribution in [3.05, 3.63) is 101 Å². The maximum atomic E-state index is 14.0. The Hall–Kier alpha value is -3.65. The monoisotopic (exact) mass is 535 g/mol. The number of amides is 2. The second kappa shape index (κ2) is 13.2. The molecule has 1 atom stereocenters. The molecule has 0 unspecified atom stereocenters. The van der Waals surface area contributed by atoms with Gasteiger partial charge in [-0.3, -0.25) is 13.9 Å². The summed E-state index contributed by atoms with van der Waals surface area (Å²) in [7, 11) is -3.78. The van der Waals surface area contributed by atoms with Crippen molar-refractivity contribution in [3.8, 4) is 0 Å². The third-order valence-electron chi connectivity index (χ3n) is 6.32. The van der Waals surface area contributed by atoms with Gasteiger partial charge in [-0.15, -0.1) is 0 Å². The molecule has 0 spiro atoms. The van der Waals surface area contributed by atoms with Gasteiger partial charge in [0.05, 0.1) is 11.9 Å². The van der Waals surface area contributed by atoms with E-state index in [-0.39, 0.29) is 12.5 Å². The summed E-state index contributed by atoms with van der Waals surface area (Å²) in [4.78, 5) is 29.0. The number of aryl methyl sites for hydroxylation is 2. The predicted octanol–water partition coefficient (Wildman–Crippen LogP) is 4.24. The van der Waals surface area contributed by atoms with Crippen LogP contribution in [0.4, 0.5) is 5.69 Å². The fourth-order valence-electron chi connectivity index (χ4n) is 4.37. The molecule has 0 aliphatic rings. The van der Waals surface area contributed by atoms with Gasteiger partial charge in [0.25, 0.3) is 0 Å². The summed E-state index contributed by atoms with van der Waals surface area (Å²) in [6.45, 7) is 5.97. The van der Waals surface area contributed by atoms with Crippen LogP contribution in [0, 0.1) is 13.8 Å². The number of hydrogen-bond donors (Lipinski definition) is 1. The van der Waals surface area contributed by atoms with Crippen LogP contribution in [-0.2, 0) is 32.6 Å². The quantitative estimate of drug-likeness (QED) is 0.376. The minimum Gasteiger partial charge on any atom is -0.354 e. The average molecular weight is 536 g/mol. The molecule has 0 aliphatic heterocycles. The van der Waals surface area contributed by atoms with Crippen molar-refractivity contribution in [2.24, 2.45) is 0 Å². The number of nitrogens with one attached hydrogen (secondary N) is 1. The molecule has 0 saturated carbocycles. The molecule has 0 saturated heterocycles. The number of carbonyl (C=O) groups excluding carboxylic acids is 2. The number of rotatable bonds is 12. The van der Waals surface area contributed by atoms with Crippen molar-refractivity contribution < 1.29 is 18.0 Å². The maximum Gasteiger partial charge on any atom is 0.244 e. The molecular formula is C30H37N3O4S. The Morgan fingerprint density at radius 1 is 0.895 bits per heavy atom. The number of nitrogens with zero attached hydrogens (tertiary/aromatic N) is 2. The molecule has 0 bridgehead atoms. The van der Waals surface area contributed by atoms with E-state index in [2.05, 4.69) is 5.32 Å². The standard InChI is InChI=1S/C30H37N3O4S/c1-5-18-31-30(35)28(20-25-14-7-6-8-15-25)32(21-26-16-11-12-23(2)19-26)29(34)22-33(38(4,36)37)27-17-10-9-13-24(27)3/h6-17,19,28H,5,18,20-22H2,1-4H3,(H,31,35)/t28-/m1/s1. The topological polar surface area (TPSA) is 86.8 Å². The third-order valence-corrected chi connectivity index (χ3v) is 7.45. The van der Waals surface area contributed by atoms with Crippen LogP contribution in [0.5, 0.6) is 0 Å². The lowest BCUT2D eigenvalue weighted by molar-refractivity contribution is -0.140. The van der Waals surface area contributed by atoms with E-state index in [0.29, 0.717) is 18.7 Å². The largest absolute Gasteiger partial charge is 0.354 e. The summed E-state index contributed by atoms with van der Waals surface area (Å²) in [6, 6.07) is 23.5. The second-order valence-electron chi connectivity index (χ2n) is 9.56. The van der Waals surface area contributed by atoms with Crippen molar-refractivity contribution in [1.29, 1.82) is 0 Å². The highest BCUT2D eigenvalue weighted by Gasteiger charge is 2.33. The van der Waals surface area contributed by atoms with E-state index < -0.39 is 28.5 Å². The van der Waals surface area contributed by atoms with E-state index >= 15 is 0 Å². The lowest BCUT2D eigenvalue weighted by atomic mass is 10.0. The van der Waals surface area contributed by atoms with Gasteiger partial charge in [0.2, 0.25) is 21.8 Å². The van der Waals surface area contributed by atoms with Gasteiger partial charge < -0.3 is 10.2 Å². The number of anilines is 1. The Morgan fingerprint density at radius 2 is 1.55 bits per heavy atom. The molecular weight excluding hydrogens is 498 g/mol. The molecule has 8 heteroatoms. The summed E-state index contributed by atoms with van der Waals surface area (Å²) in [6.07, 6.45) is 2.15. The zero-order valence-corrected chi connectivity index (χ0v) is 23.4. The van der Waals surface area contributed by atoms with Crippen molar-refractivity contribution in [2.45, 2.75) is 46.2 Å². The fourth-order valence-corrected chi connectivity index (χ4v) is 5.27. The lowest BCUT2D eigenvalue weighted by Crippen LogP contribution is -2.53. The van der Waals surface area contributed by atoms with Crippen LogP contribution >= 0.6 is 0 Å². The molecule has 0 heterocycles. The normalized spacial score (nSPS) is 12.0. The van der Waals surface area contributed by atoms with Gasteiger partial charge in [-0.2, -0.15) is 0 Å². The van der Waals surface area contributed by atoms with E-state index in [1.807, 2.05) is 74.5 Å². The Labute approximate surface area is 226 Å². The first-order valence-corrected chi connectivity index (χ1v) is 14.6. The molecule has 0 radical (unpaired) electrons. The van der Waals surface area contributed by atoms with Crippen molar-refractivity contribution in [3.63, 3.8) is 0 Å². The van der Waals surface area contributed by atoms with Gasteiger partial charge >= 0.3 is 0 Å². The van der Waals surface area contributed by atoms with Gasteiger partial charge in [0.15, 0.2) is 0 Å². The molecule has 38 heavy (non-hydrogen) atoms. The van der Waals surface area contributed by atoms with Crippen LogP contribution in [0.2, 0.25) is 0 Å². The molecule has 202 valence electrons. The fraction of sp³-hybridized carbons (Fsp3) is 0.333. The number of hydrogen-bond acceptors (Lipinski definition) is 4. The molecule has 0 fully saturated rings. The van der Waals surface area contributed by atoms with Crippen molar-refractivity contribution in [2.75, 3.05) is 23.7 Å². The lowest BCUT2D eigenvalue weighted by Gasteiger charge is -2.34. The second-order valence-corrected chi connectivity index (χ2v) is 11.5. The minimum atomic E-state index is -3.78. The molecule has 0 aliphatic carbocycles. The van der Waals surface area contributed by atoms with Crippen molar-refractivity contribution >= 4 is 27.5 Å². The smallest absolute Gasteiger partial charge is 0.244 e. The number of sulfonamides is 1. The highest BCUT2D eigenvalue weighted by Crippen LogP contribution is 2.23. The van der Waals surface area contributed by atoms with Gasteiger partial charge in [0, 0.05) is 19.5 Å². The van der Waals surface area contributed by atoms with E-state index in [0.717, 1.165) is 39.2 Å². The first kappa shape index (κ1) is 28.9. The minimum absolute atomic E-state index is 0.170. The first-order chi connectivity index (χ1) is 18.1. The average Bonchev–Trinajstić information content (AvgIpc) is 2.88. The molecule has 3 aromatic carbocycles.